The van der Waals surface area contributed by atoms with Gasteiger partial charge in [0.15, 0.2) is 0 Å². The minimum absolute atomic E-state index is 0.0186. The van der Waals surface area contributed by atoms with E-state index in [1.54, 1.807) is 18.2 Å². The molecule has 0 radical (unpaired) electrons. The van der Waals surface area contributed by atoms with Crippen molar-refractivity contribution in [2.24, 2.45) is 0 Å². The van der Waals surface area contributed by atoms with Crippen molar-refractivity contribution >= 4 is 28.9 Å². The van der Waals surface area contributed by atoms with Crippen LogP contribution in [0.4, 0.5) is 17.1 Å². The third kappa shape index (κ3) is 5.06. The second-order valence-electron chi connectivity index (χ2n) is 7.15. The Labute approximate surface area is 177 Å². The van der Waals surface area contributed by atoms with Gasteiger partial charge in [-0.05, 0) is 59.9 Å². The molecular weight excluding hydrogens is 374 g/mol. The summed E-state index contributed by atoms with van der Waals surface area (Å²) in [6.45, 7) is 3.96. The molecule has 3 aromatic rings. The number of hydrogen-bond acceptors (Lipinski definition) is 3. The van der Waals surface area contributed by atoms with Gasteiger partial charge in [-0.2, -0.15) is 0 Å². The van der Waals surface area contributed by atoms with Crippen LogP contribution < -0.4 is 16.4 Å². The highest BCUT2D eigenvalue weighted by Gasteiger charge is 2.13. The fraction of sp³-hybridized carbons (Fsp3) is 0.200. The first-order chi connectivity index (χ1) is 14.5. The Morgan fingerprint density at radius 1 is 0.833 bits per heavy atom. The smallest absolute Gasteiger partial charge is 0.255 e. The average molecular weight is 402 g/mol. The van der Waals surface area contributed by atoms with Gasteiger partial charge in [-0.1, -0.05) is 50.2 Å². The summed E-state index contributed by atoms with van der Waals surface area (Å²) in [5.74, 6) is -0.261. The van der Waals surface area contributed by atoms with Gasteiger partial charge in [0.25, 0.3) is 5.91 Å². The van der Waals surface area contributed by atoms with E-state index in [-0.39, 0.29) is 11.8 Å². The van der Waals surface area contributed by atoms with Crippen LogP contribution in [-0.2, 0) is 11.2 Å². The van der Waals surface area contributed by atoms with E-state index in [0.29, 0.717) is 29.8 Å². The van der Waals surface area contributed by atoms with E-state index in [1.807, 2.05) is 62.4 Å². The van der Waals surface area contributed by atoms with Crippen molar-refractivity contribution in [2.75, 3.05) is 16.4 Å². The number of hydrogen-bond donors (Lipinski definition) is 3. The first kappa shape index (κ1) is 21.1. The molecular formula is C25H27N3O2. The van der Waals surface area contributed by atoms with Crippen LogP contribution in [0, 0.1) is 0 Å². The molecule has 3 rings (SSSR count). The molecule has 0 bridgehead atoms. The molecule has 0 aliphatic rings. The van der Waals surface area contributed by atoms with E-state index >= 15 is 0 Å². The highest BCUT2D eigenvalue weighted by molar-refractivity contribution is 6.06. The second-order valence-corrected chi connectivity index (χ2v) is 7.15. The summed E-state index contributed by atoms with van der Waals surface area (Å²) < 4.78 is 0. The predicted octanol–water partition coefficient (Wildman–Crippen LogP) is 5.49. The number of anilines is 3. The lowest BCUT2D eigenvalue weighted by molar-refractivity contribution is -0.116. The van der Waals surface area contributed by atoms with Gasteiger partial charge >= 0.3 is 0 Å². The van der Waals surface area contributed by atoms with Gasteiger partial charge in [-0.15, -0.1) is 0 Å². The van der Waals surface area contributed by atoms with Gasteiger partial charge in [0.2, 0.25) is 5.91 Å². The highest BCUT2D eigenvalue weighted by Crippen LogP contribution is 2.28. The van der Waals surface area contributed by atoms with Crippen LogP contribution in [0.1, 0.15) is 42.6 Å². The lowest BCUT2D eigenvalue weighted by Gasteiger charge is -2.13. The molecule has 0 heterocycles. The third-order valence-electron chi connectivity index (χ3n) is 4.91. The molecule has 2 amide bonds. The number of benzene rings is 3. The summed E-state index contributed by atoms with van der Waals surface area (Å²) in [4.78, 5) is 24.8. The molecule has 4 N–H and O–H groups in total. The van der Waals surface area contributed by atoms with Crippen LogP contribution in [0.25, 0.3) is 11.1 Å². The van der Waals surface area contributed by atoms with Gasteiger partial charge in [0.1, 0.15) is 0 Å². The van der Waals surface area contributed by atoms with E-state index in [9.17, 15) is 9.59 Å². The van der Waals surface area contributed by atoms with E-state index in [0.717, 1.165) is 28.8 Å². The Kier molecular flexibility index (Phi) is 6.86. The summed E-state index contributed by atoms with van der Waals surface area (Å²) in [5, 5.41) is 5.84. The van der Waals surface area contributed by atoms with Gasteiger partial charge in [0.05, 0.1) is 11.4 Å². The molecule has 0 unspecified atom stereocenters. The maximum atomic E-state index is 12.9. The Hall–Kier alpha value is -3.60. The highest BCUT2D eigenvalue weighted by atomic mass is 16.2. The van der Waals surface area contributed by atoms with E-state index in [1.165, 1.54) is 0 Å². The lowest BCUT2D eigenvalue weighted by Crippen LogP contribution is -2.15. The monoisotopic (exact) mass is 401 g/mol. The molecule has 30 heavy (non-hydrogen) atoms. The molecule has 3 aromatic carbocycles. The predicted molar refractivity (Wildman–Crippen MR) is 124 cm³/mol. The van der Waals surface area contributed by atoms with Crippen LogP contribution in [0.15, 0.2) is 66.7 Å². The van der Waals surface area contributed by atoms with Gasteiger partial charge in [-0.3, -0.25) is 9.59 Å². The molecule has 0 spiro atoms. The maximum Gasteiger partial charge on any atom is 0.255 e. The lowest BCUT2D eigenvalue weighted by atomic mass is 10.0. The minimum Gasteiger partial charge on any atom is -0.397 e. The average Bonchev–Trinajstić information content (AvgIpc) is 2.76. The molecule has 0 aromatic heterocycles. The number of amides is 2. The molecule has 0 aliphatic carbocycles. The quantitative estimate of drug-likeness (QED) is 0.458. The number of aryl methyl sites for hydroxylation is 1. The Balaban J connectivity index is 1.81. The SMILES string of the molecule is CCCC(=O)Nc1ccc(C(=O)Nc2cc(-c3ccccc3)ccc2N)cc1CC. The third-order valence-corrected chi connectivity index (χ3v) is 4.91. The number of rotatable bonds is 7. The van der Waals surface area contributed by atoms with Crippen molar-refractivity contribution in [1.82, 2.24) is 0 Å². The largest absolute Gasteiger partial charge is 0.397 e. The molecule has 5 heteroatoms. The number of carbonyl (C=O) groups excluding carboxylic acids is 2. The summed E-state index contributed by atoms with van der Waals surface area (Å²) in [6.07, 6.45) is 1.97. The number of carbonyl (C=O) groups is 2. The van der Waals surface area contributed by atoms with Gasteiger partial charge in [0, 0.05) is 17.7 Å². The Morgan fingerprint density at radius 3 is 2.30 bits per heavy atom. The van der Waals surface area contributed by atoms with Crippen molar-refractivity contribution < 1.29 is 9.59 Å². The van der Waals surface area contributed by atoms with Crippen molar-refractivity contribution in [1.29, 1.82) is 0 Å². The summed E-state index contributed by atoms with van der Waals surface area (Å²) in [6, 6.07) is 20.8. The molecule has 0 atom stereocenters. The molecule has 5 nitrogen and oxygen atoms in total. The maximum absolute atomic E-state index is 12.9. The van der Waals surface area contributed by atoms with Gasteiger partial charge in [-0.25, -0.2) is 0 Å². The molecule has 0 fully saturated rings. The summed E-state index contributed by atoms with van der Waals surface area (Å²) in [5.41, 5.74) is 11.4. The zero-order valence-corrected chi connectivity index (χ0v) is 17.4. The topological polar surface area (TPSA) is 84.2 Å². The number of nitrogen functional groups attached to an aromatic ring is 1. The summed E-state index contributed by atoms with van der Waals surface area (Å²) >= 11 is 0. The van der Waals surface area contributed by atoms with Crippen molar-refractivity contribution in [2.45, 2.75) is 33.1 Å². The van der Waals surface area contributed by atoms with Crippen LogP contribution in [0.3, 0.4) is 0 Å². The zero-order chi connectivity index (χ0) is 21.5. The Morgan fingerprint density at radius 2 is 1.60 bits per heavy atom. The zero-order valence-electron chi connectivity index (χ0n) is 17.4. The van der Waals surface area contributed by atoms with Crippen molar-refractivity contribution in [3.8, 4) is 11.1 Å². The van der Waals surface area contributed by atoms with Crippen LogP contribution >= 0.6 is 0 Å². The second kappa shape index (κ2) is 9.74. The minimum atomic E-state index is -0.243. The first-order valence-electron chi connectivity index (χ1n) is 10.2. The molecule has 0 saturated carbocycles. The molecule has 154 valence electrons. The van der Waals surface area contributed by atoms with E-state index in [2.05, 4.69) is 10.6 Å². The summed E-state index contributed by atoms with van der Waals surface area (Å²) in [7, 11) is 0. The van der Waals surface area contributed by atoms with E-state index < -0.39 is 0 Å². The number of nitrogens with one attached hydrogen (secondary N) is 2. The molecule has 0 saturated heterocycles. The Bertz CT molecular complexity index is 1050. The fourth-order valence-corrected chi connectivity index (χ4v) is 3.26. The normalized spacial score (nSPS) is 10.5. The van der Waals surface area contributed by atoms with Crippen LogP contribution in [0.2, 0.25) is 0 Å². The number of nitrogens with two attached hydrogens (primary N) is 1. The first-order valence-corrected chi connectivity index (χ1v) is 10.2. The van der Waals surface area contributed by atoms with E-state index in [4.69, 9.17) is 5.73 Å². The van der Waals surface area contributed by atoms with Crippen LogP contribution in [-0.4, -0.2) is 11.8 Å². The standard InChI is InChI=1S/C25H27N3O2/c1-3-8-24(29)27-22-14-12-20(15-17(22)4-2)25(30)28-23-16-19(11-13-21(23)26)18-9-6-5-7-10-18/h5-7,9-16H,3-4,8,26H2,1-2H3,(H,27,29)(H,28,30). The van der Waals surface area contributed by atoms with Crippen LogP contribution in [0.5, 0.6) is 0 Å². The fourth-order valence-electron chi connectivity index (χ4n) is 3.26. The molecule has 0 aliphatic heterocycles. The van der Waals surface area contributed by atoms with Gasteiger partial charge < -0.3 is 16.4 Å². The van der Waals surface area contributed by atoms with Crippen molar-refractivity contribution in [3.05, 3.63) is 77.9 Å². The van der Waals surface area contributed by atoms with Crippen molar-refractivity contribution in [3.63, 3.8) is 0 Å².